The first kappa shape index (κ1) is 18.7. The largest absolute Gasteiger partial charge is 0.294 e. The fourth-order valence-corrected chi connectivity index (χ4v) is 5.83. The molecule has 162 valence electrons. The maximum Gasteiger partial charge on any atom is 0.145 e. The minimum absolute atomic E-state index is 0.991. The molecule has 1 aliphatic carbocycles. The van der Waals surface area contributed by atoms with Crippen LogP contribution in [0.5, 0.6) is 0 Å². The summed E-state index contributed by atoms with van der Waals surface area (Å²) in [4.78, 5) is 4.72. The van der Waals surface area contributed by atoms with Gasteiger partial charge in [0.15, 0.2) is 0 Å². The van der Waals surface area contributed by atoms with Crippen LogP contribution in [0.15, 0.2) is 121 Å². The van der Waals surface area contributed by atoms with Gasteiger partial charge < -0.3 is 0 Å². The Balaban J connectivity index is 1.26. The molecule has 2 heterocycles. The van der Waals surface area contributed by atoms with Crippen LogP contribution >= 0.6 is 0 Å². The first-order valence-electron chi connectivity index (χ1n) is 12.0. The van der Waals surface area contributed by atoms with E-state index in [2.05, 4.69) is 114 Å². The minimum Gasteiger partial charge on any atom is -0.294 e. The third-order valence-corrected chi connectivity index (χ3v) is 7.40. The second-order valence-corrected chi connectivity index (χ2v) is 9.24. The van der Waals surface area contributed by atoms with Crippen LogP contribution in [0.2, 0.25) is 0 Å². The Morgan fingerprint density at radius 1 is 0.514 bits per heavy atom. The van der Waals surface area contributed by atoms with Crippen LogP contribution in [0.25, 0.3) is 71.8 Å². The number of fused-ring (bicyclic) bond motifs is 6. The van der Waals surface area contributed by atoms with Gasteiger partial charge in [-0.25, -0.2) is 4.98 Å². The van der Waals surface area contributed by atoms with Crippen LogP contribution in [0.1, 0.15) is 0 Å². The molecule has 0 spiro atoms. The molecule has 0 fully saturated rings. The number of pyridine rings is 1. The molecular formula is C33H20N2. The van der Waals surface area contributed by atoms with Gasteiger partial charge in [-0.15, -0.1) is 0 Å². The van der Waals surface area contributed by atoms with Gasteiger partial charge in [0.25, 0.3) is 0 Å². The summed E-state index contributed by atoms with van der Waals surface area (Å²) in [6.45, 7) is 0. The normalized spacial score (nSPS) is 12.0. The molecule has 0 saturated carbocycles. The lowest BCUT2D eigenvalue weighted by Crippen LogP contribution is -1.95. The Morgan fingerprint density at radius 3 is 2.11 bits per heavy atom. The summed E-state index contributed by atoms with van der Waals surface area (Å²) in [5.41, 5.74) is 11.1. The molecule has 0 aliphatic heterocycles. The maximum absolute atomic E-state index is 4.72. The number of hydrogen-bond acceptors (Lipinski definition) is 1. The van der Waals surface area contributed by atoms with Crippen molar-refractivity contribution in [3.63, 3.8) is 0 Å². The lowest BCUT2D eigenvalue weighted by atomic mass is 9.97. The van der Waals surface area contributed by atoms with Gasteiger partial charge in [0, 0.05) is 22.7 Å². The van der Waals surface area contributed by atoms with Crippen LogP contribution in [0, 0.1) is 0 Å². The zero-order valence-electron chi connectivity index (χ0n) is 18.9. The van der Waals surface area contributed by atoms with Crippen molar-refractivity contribution in [3.8, 4) is 39.1 Å². The predicted octanol–water partition coefficient (Wildman–Crippen LogP) is 8.65. The summed E-state index contributed by atoms with van der Waals surface area (Å²) in [5.74, 6) is 0. The fraction of sp³-hybridized carbons (Fsp3) is 0. The molecule has 1 aliphatic rings. The van der Waals surface area contributed by atoms with Gasteiger partial charge in [-0.2, -0.15) is 0 Å². The summed E-state index contributed by atoms with van der Waals surface area (Å²) in [6.07, 6.45) is 1.87. The highest BCUT2D eigenvalue weighted by Gasteiger charge is 2.21. The molecule has 0 unspecified atom stereocenters. The van der Waals surface area contributed by atoms with E-state index < -0.39 is 0 Å². The van der Waals surface area contributed by atoms with E-state index in [1.54, 1.807) is 0 Å². The van der Waals surface area contributed by atoms with Gasteiger partial charge >= 0.3 is 0 Å². The van der Waals surface area contributed by atoms with Crippen LogP contribution in [0.3, 0.4) is 0 Å². The number of benzene rings is 5. The van der Waals surface area contributed by atoms with Crippen molar-refractivity contribution in [1.82, 2.24) is 9.55 Å². The van der Waals surface area contributed by atoms with E-state index in [0.717, 1.165) is 11.3 Å². The molecule has 0 amide bonds. The van der Waals surface area contributed by atoms with E-state index >= 15 is 0 Å². The van der Waals surface area contributed by atoms with Gasteiger partial charge in [-0.1, -0.05) is 78.9 Å². The van der Waals surface area contributed by atoms with E-state index in [1.165, 1.54) is 60.4 Å². The van der Waals surface area contributed by atoms with Crippen molar-refractivity contribution in [3.05, 3.63) is 121 Å². The van der Waals surface area contributed by atoms with Crippen molar-refractivity contribution in [1.29, 1.82) is 0 Å². The Kier molecular flexibility index (Phi) is 3.69. The van der Waals surface area contributed by atoms with Crippen molar-refractivity contribution in [2.45, 2.75) is 0 Å². The molecule has 0 bridgehead atoms. The van der Waals surface area contributed by atoms with Crippen LogP contribution in [-0.4, -0.2) is 9.55 Å². The zero-order valence-corrected chi connectivity index (χ0v) is 18.9. The SMILES string of the molecule is c1cc2c3c(cccc3c1)-c1cc(-c3ccc(-n4c5ccccc5c5cccnc54)cc3)ccc1-2. The summed E-state index contributed by atoms with van der Waals surface area (Å²) in [7, 11) is 0. The van der Waals surface area contributed by atoms with Crippen molar-refractivity contribution in [2.24, 2.45) is 0 Å². The van der Waals surface area contributed by atoms with Gasteiger partial charge in [0.1, 0.15) is 5.65 Å². The second-order valence-electron chi connectivity index (χ2n) is 9.24. The number of para-hydroxylation sites is 1. The first-order chi connectivity index (χ1) is 17.4. The molecule has 35 heavy (non-hydrogen) atoms. The Bertz CT molecular complexity index is 1880. The van der Waals surface area contributed by atoms with Crippen LogP contribution in [-0.2, 0) is 0 Å². The van der Waals surface area contributed by atoms with Gasteiger partial charge in [0.2, 0.25) is 0 Å². The van der Waals surface area contributed by atoms with Crippen LogP contribution in [0.4, 0.5) is 0 Å². The third kappa shape index (κ3) is 2.57. The van der Waals surface area contributed by atoms with Gasteiger partial charge in [-0.05, 0) is 80.6 Å². The fourth-order valence-electron chi connectivity index (χ4n) is 5.83. The summed E-state index contributed by atoms with van der Waals surface area (Å²) in [6, 6.07) is 41.7. The molecule has 5 aromatic carbocycles. The number of hydrogen-bond donors (Lipinski definition) is 0. The number of aromatic nitrogens is 2. The molecule has 2 heteroatoms. The Morgan fingerprint density at radius 2 is 1.26 bits per heavy atom. The highest BCUT2D eigenvalue weighted by Crippen LogP contribution is 2.48. The molecular weight excluding hydrogens is 424 g/mol. The quantitative estimate of drug-likeness (QED) is 0.261. The molecule has 2 nitrogen and oxygen atoms in total. The molecule has 0 N–H and O–H groups in total. The monoisotopic (exact) mass is 444 g/mol. The minimum atomic E-state index is 0.991. The molecule has 0 saturated heterocycles. The Hall–Kier alpha value is -4.69. The predicted molar refractivity (Wildman–Crippen MR) is 146 cm³/mol. The van der Waals surface area contributed by atoms with E-state index in [-0.39, 0.29) is 0 Å². The van der Waals surface area contributed by atoms with Crippen LogP contribution < -0.4 is 0 Å². The molecule has 8 rings (SSSR count). The summed E-state index contributed by atoms with van der Waals surface area (Å²) < 4.78 is 2.26. The average molecular weight is 445 g/mol. The second kappa shape index (κ2) is 6.91. The number of rotatable bonds is 2. The van der Waals surface area contributed by atoms with Crippen molar-refractivity contribution < 1.29 is 0 Å². The van der Waals surface area contributed by atoms with E-state index in [9.17, 15) is 0 Å². The lowest BCUT2D eigenvalue weighted by Gasteiger charge is -2.10. The first-order valence-corrected chi connectivity index (χ1v) is 12.0. The van der Waals surface area contributed by atoms with Crippen molar-refractivity contribution in [2.75, 3.05) is 0 Å². The van der Waals surface area contributed by atoms with E-state index in [4.69, 9.17) is 4.98 Å². The van der Waals surface area contributed by atoms with Gasteiger partial charge in [-0.3, -0.25) is 4.57 Å². The van der Waals surface area contributed by atoms with E-state index in [0.29, 0.717) is 0 Å². The lowest BCUT2D eigenvalue weighted by molar-refractivity contribution is 1.14. The maximum atomic E-state index is 4.72. The Labute approximate surface area is 202 Å². The molecule has 2 aromatic heterocycles. The highest BCUT2D eigenvalue weighted by molar-refractivity contribution is 6.15. The standard InChI is InChI=1S/C33H20N2/c1-2-12-31-26(8-1)29-11-5-19-34-33(29)35(31)24-16-13-21(14-17-24)23-15-18-25-27-9-3-6-22-7-4-10-28(32(22)27)30(25)20-23/h1-20H. The molecule has 0 atom stereocenters. The van der Waals surface area contributed by atoms with Crippen molar-refractivity contribution >= 4 is 32.7 Å². The topological polar surface area (TPSA) is 17.8 Å². The smallest absolute Gasteiger partial charge is 0.145 e. The third-order valence-electron chi connectivity index (χ3n) is 7.40. The summed E-state index contributed by atoms with van der Waals surface area (Å²) >= 11 is 0. The zero-order chi connectivity index (χ0) is 22.9. The van der Waals surface area contributed by atoms with Gasteiger partial charge in [0.05, 0.1) is 5.52 Å². The average Bonchev–Trinajstić information content (AvgIpc) is 3.43. The number of nitrogens with zero attached hydrogens (tertiary/aromatic N) is 2. The molecule has 7 aromatic rings. The molecule has 0 radical (unpaired) electrons. The van der Waals surface area contributed by atoms with E-state index in [1.807, 2.05) is 12.3 Å². The highest BCUT2D eigenvalue weighted by atomic mass is 15.0. The summed E-state index contributed by atoms with van der Waals surface area (Å²) in [5, 5.41) is 5.09.